The van der Waals surface area contributed by atoms with Gasteiger partial charge in [0.15, 0.2) is 0 Å². The number of aliphatic hydroxyl groups excluding tert-OH is 3. The van der Waals surface area contributed by atoms with Gasteiger partial charge >= 0.3 is 5.97 Å². The molecule has 35 heavy (non-hydrogen) atoms. The van der Waals surface area contributed by atoms with E-state index in [0.717, 1.165) is 16.7 Å². The van der Waals surface area contributed by atoms with Crippen LogP contribution in [-0.2, 0) is 14.3 Å². The van der Waals surface area contributed by atoms with Crippen LogP contribution in [0.1, 0.15) is 15.9 Å². The van der Waals surface area contributed by atoms with Crippen LogP contribution in [-0.4, -0.2) is 97.1 Å². The second kappa shape index (κ2) is 11.6. The number of aliphatic hydroxyl groups is 3. The lowest BCUT2D eigenvalue weighted by atomic mass is 9.99. The van der Waals surface area contributed by atoms with E-state index in [1.807, 2.05) is 19.1 Å². The van der Waals surface area contributed by atoms with Gasteiger partial charge in [0.25, 0.3) is 5.91 Å². The van der Waals surface area contributed by atoms with Gasteiger partial charge in [0.05, 0.1) is 6.54 Å². The topological polar surface area (TPSA) is 138 Å². The van der Waals surface area contributed by atoms with Gasteiger partial charge in [0, 0.05) is 12.6 Å². The first kappa shape index (κ1) is 26.6. The van der Waals surface area contributed by atoms with Crippen molar-refractivity contribution in [1.82, 2.24) is 10.2 Å². The Bertz CT molecular complexity index is 1040. The minimum absolute atomic E-state index is 0.0471. The monoisotopic (exact) mass is 488 g/mol. The van der Waals surface area contributed by atoms with Crippen LogP contribution in [0.2, 0.25) is 0 Å². The largest absolute Gasteiger partial charge is 0.462 e. The van der Waals surface area contributed by atoms with Gasteiger partial charge in [-0.1, -0.05) is 18.2 Å². The number of hydrogen-bond donors (Lipinski definition) is 4. The number of benzene rings is 2. The highest BCUT2D eigenvalue weighted by Crippen LogP contribution is 2.30. The second-order valence-corrected chi connectivity index (χ2v) is 8.69. The van der Waals surface area contributed by atoms with E-state index in [1.54, 1.807) is 56.4 Å². The summed E-state index contributed by atoms with van der Waals surface area (Å²) in [7, 11) is 4.99. The van der Waals surface area contributed by atoms with Gasteiger partial charge in [-0.25, -0.2) is 0 Å². The lowest BCUT2D eigenvalue weighted by molar-refractivity contribution is -0.278. The number of nitrogens with one attached hydrogen (secondary N) is 1. The number of esters is 1. The van der Waals surface area contributed by atoms with Crippen LogP contribution >= 0.6 is 0 Å². The highest BCUT2D eigenvalue weighted by Gasteiger charge is 2.45. The summed E-state index contributed by atoms with van der Waals surface area (Å²) >= 11 is 0. The molecule has 0 spiro atoms. The molecule has 0 radical (unpaired) electrons. The van der Waals surface area contributed by atoms with E-state index in [0.29, 0.717) is 11.3 Å². The van der Waals surface area contributed by atoms with Gasteiger partial charge < -0.3 is 34.8 Å². The lowest BCUT2D eigenvalue weighted by Gasteiger charge is -2.40. The molecule has 10 heteroatoms. The molecule has 1 fully saturated rings. The summed E-state index contributed by atoms with van der Waals surface area (Å²) < 4.78 is 16.6. The zero-order valence-electron chi connectivity index (χ0n) is 20.2. The number of likely N-dealkylation sites (N-methyl/N-ethyl adjacent to an activating group) is 1. The summed E-state index contributed by atoms with van der Waals surface area (Å²) in [5, 5.41) is 33.5. The molecule has 4 N–H and O–H groups in total. The van der Waals surface area contributed by atoms with E-state index in [4.69, 9.17) is 14.2 Å². The van der Waals surface area contributed by atoms with Crippen molar-refractivity contribution in [3.05, 3.63) is 53.6 Å². The quantitative estimate of drug-likeness (QED) is 0.387. The van der Waals surface area contributed by atoms with E-state index in [-0.39, 0.29) is 19.1 Å². The van der Waals surface area contributed by atoms with Crippen molar-refractivity contribution >= 4 is 11.9 Å². The molecular weight excluding hydrogens is 456 g/mol. The maximum atomic E-state index is 11.9. The predicted octanol–water partition coefficient (Wildman–Crippen LogP) is 0.313. The highest BCUT2D eigenvalue weighted by molar-refractivity contribution is 5.95. The van der Waals surface area contributed by atoms with Gasteiger partial charge in [-0.3, -0.25) is 14.5 Å². The third-order valence-corrected chi connectivity index (χ3v) is 5.63. The molecule has 1 aliphatic heterocycles. The molecule has 3 rings (SSSR count). The summed E-state index contributed by atoms with van der Waals surface area (Å²) in [5.74, 6) is -0.308. The highest BCUT2D eigenvalue weighted by atomic mass is 16.7. The predicted molar refractivity (Wildman–Crippen MR) is 127 cm³/mol. The van der Waals surface area contributed by atoms with E-state index >= 15 is 0 Å². The average Bonchev–Trinajstić information content (AvgIpc) is 2.83. The average molecular weight is 489 g/mol. The van der Waals surface area contributed by atoms with Crippen LogP contribution in [0.3, 0.4) is 0 Å². The van der Waals surface area contributed by atoms with Crippen LogP contribution in [0.25, 0.3) is 11.1 Å². The molecule has 5 unspecified atom stereocenters. The zero-order chi connectivity index (χ0) is 25.7. The number of ether oxygens (including phenoxy) is 3. The van der Waals surface area contributed by atoms with Crippen LogP contribution in [0.5, 0.6) is 5.75 Å². The number of rotatable bonds is 8. The Morgan fingerprint density at radius 1 is 1.03 bits per heavy atom. The molecule has 0 saturated carbocycles. The molecule has 2 aromatic rings. The van der Waals surface area contributed by atoms with Crippen molar-refractivity contribution < 1.29 is 39.1 Å². The molecule has 10 nitrogen and oxygen atoms in total. The third-order valence-electron chi connectivity index (χ3n) is 5.63. The fraction of sp³-hybridized carbons (Fsp3) is 0.440. The van der Waals surface area contributed by atoms with Crippen molar-refractivity contribution in [3.63, 3.8) is 0 Å². The van der Waals surface area contributed by atoms with Gasteiger partial charge in [-0.05, 0) is 62.0 Å². The summed E-state index contributed by atoms with van der Waals surface area (Å²) in [4.78, 5) is 25.4. The molecule has 1 heterocycles. The normalized spacial score (nSPS) is 24.2. The Labute approximate surface area is 204 Å². The molecule has 1 aliphatic rings. The standard InChI is InChI=1S/C25H32N2O8/c1-14-10-16(15-6-5-7-17(11-15)24(32)26-2)8-9-18(14)34-25-23(31)22(30)21(29)19(35-25)13-33-20(28)12-27(3)4/h5-11,19,21-23,25,29-31H,12-13H2,1-4H3,(H,26,32). The van der Waals surface area contributed by atoms with Crippen molar-refractivity contribution in [1.29, 1.82) is 0 Å². The zero-order valence-corrected chi connectivity index (χ0v) is 20.2. The Hall–Kier alpha value is -3.02. The van der Waals surface area contributed by atoms with Gasteiger partial charge in [0.2, 0.25) is 6.29 Å². The van der Waals surface area contributed by atoms with Crippen LogP contribution < -0.4 is 10.1 Å². The third kappa shape index (κ3) is 6.56. The fourth-order valence-electron chi connectivity index (χ4n) is 3.70. The second-order valence-electron chi connectivity index (χ2n) is 8.69. The number of hydrogen-bond acceptors (Lipinski definition) is 9. The molecule has 0 bridgehead atoms. The molecule has 2 aromatic carbocycles. The van der Waals surface area contributed by atoms with Crippen molar-refractivity contribution in [2.75, 3.05) is 34.3 Å². The van der Waals surface area contributed by atoms with Gasteiger partial charge in [-0.15, -0.1) is 0 Å². The minimum atomic E-state index is -1.56. The fourth-order valence-corrected chi connectivity index (χ4v) is 3.70. The number of amides is 1. The van der Waals surface area contributed by atoms with Crippen molar-refractivity contribution in [3.8, 4) is 16.9 Å². The number of carbonyl (C=O) groups excluding carboxylic acids is 2. The van der Waals surface area contributed by atoms with Gasteiger partial charge in [0.1, 0.15) is 36.8 Å². The minimum Gasteiger partial charge on any atom is -0.462 e. The molecule has 1 amide bonds. The first-order chi connectivity index (χ1) is 16.6. The SMILES string of the molecule is CNC(=O)c1cccc(-c2ccc(OC3OC(COC(=O)CN(C)C)C(O)C(O)C3O)c(C)c2)c1. The molecular formula is C25H32N2O8. The Balaban J connectivity index is 1.72. The molecule has 0 aliphatic carbocycles. The maximum Gasteiger partial charge on any atom is 0.320 e. The molecule has 190 valence electrons. The Morgan fingerprint density at radius 3 is 2.40 bits per heavy atom. The summed E-state index contributed by atoms with van der Waals surface area (Å²) in [6.07, 6.45) is -6.93. The number of nitrogens with zero attached hydrogens (tertiary/aromatic N) is 1. The summed E-state index contributed by atoms with van der Waals surface area (Å²) in [6.45, 7) is 1.55. The first-order valence-corrected chi connectivity index (χ1v) is 11.2. The lowest BCUT2D eigenvalue weighted by Crippen LogP contribution is -2.60. The maximum absolute atomic E-state index is 11.9. The van der Waals surface area contributed by atoms with E-state index in [9.17, 15) is 24.9 Å². The molecule has 1 saturated heterocycles. The van der Waals surface area contributed by atoms with Crippen LogP contribution in [0.15, 0.2) is 42.5 Å². The van der Waals surface area contributed by atoms with Crippen LogP contribution in [0.4, 0.5) is 0 Å². The van der Waals surface area contributed by atoms with Crippen molar-refractivity contribution in [2.45, 2.75) is 37.6 Å². The summed E-state index contributed by atoms with van der Waals surface area (Å²) in [6, 6.07) is 12.5. The first-order valence-electron chi connectivity index (χ1n) is 11.2. The number of aryl methyl sites for hydroxylation is 1. The Morgan fingerprint density at radius 2 is 1.74 bits per heavy atom. The van der Waals surface area contributed by atoms with E-state index in [1.165, 1.54) is 0 Å². The van der Waals surface area contributed by atoms with Crippen LogP contribution in [0, 0.1) is 6.92 Å². The smallest absolute Gasteiger partial charge is 0.320 e. The van der Waals surface area contributed by atoms with Gasteiger partial charge in [-0.2, -0.15) is 0 Å². The molecule has 0 aromatic heterocycles. The van der Waals surface area contributed by atoms with Crippen molar-refractivity contribution in [2.24, 2.45) is 0 Å². The molecule has 5 atom stereocenters. The Kier molecular flexibility index (Phi) is 8.82. The van der Waals surface area contributed by atoms with E-state index < -0.39 is 36.7 Å². The number of carbonyl (C=O) groups is 2. The van der Waals surface area contributed by atoms with E-state index in [2.05, 4.69) is 5.32 Å². The summed E-state index contributed by atoms with van der Waals surface area (Å²) in [5.41, 5.74) is 2.95.